The van der Waals surface area contributed by atoms with Gasteiger partial charge in [-0.05, 0) is 73.6 Å². The maximum atomic E-state index is 12.9. The van der Waals surface area contributed by atoms with E-state index >= 15 is 0 Å². The molecule has 8 heteroatoms. The molecule has 150 valence electrons. The lowest BCUT2D eigenvalue weighted by Gasteiger charge is -2.12. The van der Waals surface area contributed by atoms with E-state index in [4.69, 9.17) is 4.74 Å². The Hall–Kier alpha value is -3.13. The van der Waals surface area contributed by atoms with Crippen LogP contribution in [0.2, 0.25) is 0 Å². The highest BCUT2D eigenvalue weighted by molar-refractivity contribution is 8.18. The first-order chi connectivity index (χ1) is 13.8. The molecule has 6 nitrogen and oxygen atoms in total. The van der Waals surface area contributed by atoms with E-state index in [1.165, 1.54) is 24.3 Å². The summed E-state index contributed by atoms with van der Waals surface area (Å²) in [4.78, 5) is 38.0. The fourth-order valence-corrected chi connectivity index (χ4v) is 3.42. The summed E-state index contributed by atoms with van der Waals surface area (Å²) in [6.45, 7) is 3.44. The van der Waals surface area contributed by atoms with Crippen LogP contribution in [0.1, 0.15) is 19.4 Å². The normalized spacial score (nSPS) is 15.3. The molecule has 1 aliphatic heterocycles. The number of carbonyl (C=O) groups excluding carboxylic acids is 3. The van der Waals surface area contributed by atoms with Gasteiger partial charge in [0.15, 0.2) is 0 Å². The van der Waals surface area contributed by atoms with Crippen molar-refractivity contribution in [3.63, 3.8) is 0 Å². The van der Waals surface area contributed by atoms with Crippen molar-refractivity contribution in [2.45, 2.75) is 20.0 Å². The minimum absolute atomic E-state index is 0.0541. The number of benzene rings is 2. The zero-order valence-electron chi connectivity index (χ0n) is 15.8. The van der Waals surface area contributed by atoms with E-state index in [-0.39, 0.29) is 11.0 Å². The Bertz CT molecular complexity index is 956. The summed E-state index contributed by atoms with van der Waals surface area (Å²) in [6.07, 6.45) is 1.65. The molecule has 0 atom stereocenters. The number of nitrogens with zero attached hydrogens (tertiary/aromatic N) is 1. The SMILES string of the molecule is CC(C)Oc1ccc(/C=C2\SC(=O)N(CC(=O)Nc3ccc(F)cc3)C2=O)cc1. The largest absolute Gasteiger partial charge is 0.491 e. The molecule has 3 amide bonds. The van der Waals surface area contributed by atoms with Crippen molar-refractivity contribution in [2.75, 3.05) is 11.9 Å². The minimum atomic E-state index is -0.546. The first-order valence-electron chi connectivity index (χ1n) is 8.89. The fraction of sp³-hybridized carbons (Fsp3) is 0.190. The molecule has 0 radical (unpaired) electrons. The standard InChI is InChI=1S/C21H19FN2O4S/c1-13(2)28-17-9-3-14(4-10-17)11-18-20(26)24(21(27)29-18)12-19(25)23-16-7-5-15(22)6-8-16/h3-11,13H,12H2,1-2H3,(H,23,25)/b18-11-. The third kappa shape index (κ3) is 5.45. The maximum absolute atomic E-state index is 12.9. The molecule has 1 fully saturated rings. The predicted octanol–water partition coefficient (Wildman–Crippen LogP) is 4.29. The van der Waals surface area contributed by atoms with Gasteiger partial charge in [0.25, 0.3) is 11.1 Å². The number of ether oxygens (including phenoxy) is 1. The second-order valence-electron chi connectivity index (χ2n) is 6.56. The van der Waals surface area contributed by atoms with E-state index in [1.807, 2.05) is 13.8 Å². The summed E-state index contributed by atoms with van der Waals surface area (Å²) in [5.41, 5.74) is 1.12. The Balaban J connectivity index is 1.64. The van der Waals surface area contributed by atoms with Gasteiger partial charge in [0.1, 0.15) is 18.1 Å². The molecule has 0 unspecified atom stereocenters. The summed E-state index contributed by atoms with van der Waals surface area (Å²) in [5, 5.41) is 2.01. The number of nitrogens with one attached hydrogen (secondary N) is 1. The van der Waals surface area contributed by atoms with Crippen molar-refractivity contribution in [3.05, 3.63) is 64.8 Å². The third-order valence-electron chi connectivity index (χ3n) is 3.85. The molecule has 29 heavy (non-hydrogen) atoms. The Kier molecular flexibility index (Phi) is 6.33. The minimum Gasteiger partial charge on any atom is -0.491 e. The van der Waals surface area contributed by atoms with E-state index in [1.54, 1.807) is 30.3 Å². The van der Waals surface area contributed by atoms with E-state index in [9.17, 15) is 18.8 Å². The van der Waals surface area contributed by atoms with E-state index in [0.29, 0.717) is 11.4 Å². The summed E-state index contributed by atoms with van der Waals surface area (Å²) in [6, 6.07) is 12.3. The van der Waals surface area contributed by atoms with E-state index < -0.39 is 29.4 Å². The molecular formula is C21H19FN2O4S. The second kappa shape index (κ2) is 8.91. The van der Waals surface area contributed by atoms with Crippen LogP contribution >= 0.6 is 11.8 Å². The van der Waals surface area contributed by atoms with Gasteiger partial charge in [-0.25, -0.2) is 4.39 Å². The summed E-state index contributed by atoms with van der Waals surface area (Å²) in [5.74, 6) is -0.794. The lowest BCUT2D eigenvalue weighted by molar-refractivity contribution is -0.127. The number of carbonyl (C=O) groups is 3. The maximum Gasteiger partial charge on any atom is 0.294 e. The Labute approximate surface area is 171 Å². The number of amides is 3. The highest BCUT2D eigenvalue weighted by Crippen LogP contribution is 2.32. The Morgan fingerprint density at radius 3 is 2.41 bits per heavy atom. The lowest BCUT2D eigenvalue weighted by Crippen LogP contribution is -2.36. The molecule has 0 aliphatic carbocycles. The highest BCUT2D eigenvalue weighted by atomic mass is 32.2. The smallest absolute Gasteiger partial charge is 0.294 e. The average molecular weight is 414 g/mol. The number of anilines is 1. The van der Waals surface area contributed by atoms with Gasteiger partial charge in [0.2, 0.25) is 5.91 Å². The van der Waals surface area contributed by atoms with Gasteiger partial charge in [0, 0.05) is 5.69 Å². The first kappa shape index (κ1) is 20.6. The van der Waals surface area contributed by atoms with Crippen molar-refractivity contribution in [2.24, 2.45) is 0 Å². The number of imide groups is 1. The molecule has 3 rings (SSSR count). The molecule has 2 aromatic carbocycles. The molecule has 2 aromatic rings. The first-order valence-corrected chi connectivity index (χ1v) is 9.71. The van der Waals surface area contributed by atoms with Crippen LogP contribution in [-0.2, 0) is 9.59 Å². The molecule has 1 N–H and O–H groups in total. The van der Waals surface area contributed by atoms with E-state index in [0.717, 1.165) is 22.2 Å². The van der Waals surface area contributed by atoms with Crippen LogP contribution in [-0.4, -0.2) is 34.6 Å². The molecule has 0 aromatic heterocycles. The van der Waals surface area contributed by atoms with Crippen LogP contribution in [0.4, 0.5) is 14.9 Å². The van der Waals surface area contributed by atoms with Gasteiger partial charge in [-0.2, -0.15) is 0 Å². The molecule has 1 heterocycles. The number of rotatable bonds is 6. The molecule has 0 spiro atoms. The molecule has 0 bridgehead atoms. The zero-order valence-corrected chi connectivity index (χ0v) is 16.7. The van der Waals surface area contributed by atoms with Crippen molar-refractivity contribution in [1.29, 1.82) is 0 Å². The molecule has 1 aliphatic rings. The number of hydrogen-bond donors (Lipinski definition) is 1. The van der Waals surface area contributed by atoms with Crippen molar-refractivity contribution < 1.29 is 23.5 Å². The Morgan fingerprint density at radius 2 is 1.79 bits per heavy atom. The number of halogens is 1. The fourth-order valence-electron chi connectivity index (χ4n) is 2.58. The summed E-state index contributed by atoms with van der Waals surface area (Å²) in [7, 11) is 0. The Morgan fingerprint density at radius 1 is 1.14 bits per heavy atom. The van der Waals surface area contributed by atoms with Crippen LogP contribution < -0.4 is 10.1 Å². The van der Waals surface area contributed by atoms with Crippen LogP contribution in [0, 0.1) is 5.82 Å². The van der Waals surface area contributed by atoms with Crippen LogP contribution in [0.3, 0.4) is 0 Å². The summed E-state index contributed by atoms with van der Waals surface area (Å²) < 4.78 is 18.5. The third-order valence-corrected chi connectivity index (χ3v) is 4.76. The van der Waals surface area contributed by atoms with Crippen molar-refractivity contribution >= 4 is 40.6 Å². The average Bonchev–Trinajstić information content (AvgIpc) is 2.92. The second-order valence-corrected chi connectivity index (χ2v) is 7.55. The topological polar surface area (TPSA) is 75.7 Å². The van der Waals surface area contributed by atoms with Crippen LogP contribution in [0.5, 0.6) is 5.75 Å². The van der Waals surface area contributed by atoms with Gasteiger partial charge in [-0.1, -0.05) is 12.1 Å². The van der Waals surface area contributed by atoms with Crippen LogP contribution in [0.25, 0.3) is 6.08 Å². The van der Waals surface area contributed by atoms with Gasteiger partial charge in [0.05, 0.1) is 11.0 Å². The number of thioether (sulfide) groups is 1. The lowest BCUT2D eigenvalue weighted by atomic mass is 10.2. The molecule has 0 saturated carbocycles. The van der Waals surface area contributed by atoms with Crippen LogP contribution in [0.15, 0.2) is 53.4 Å². The predicted molar refractivity (Wildman–Crippen MR) is 110 cm³/mol. The van der Waals surface area contributed by atoms with Gasteiger partial charge in [-0.15, -0.1) is 0 Å². The van der Waals surface area contributed by atoms with Gasteiger partial charge >= 0.3 is 0 Å². The monoisotopic (exact) mass is 414 g/mol. The molecular weight excluding hydrogens is 395 g/mol. The quantitative estimate of drug-likeness (QED) is 0.714. The van der Waals surface area contributed by atoms with Crippen molar-refractivity contribution in [3.8, 4) is 5.75 Å². The number of hydrogen-bond acceptors (Lipinski definition) is 5. The van der Waals surface area contributed by atoms with Gasteiger partial charge in [-0.3, -0.25) is 19.3 Å². The van der Waals surface area contributed by atoms with Gasteiger partial charge < -0.3 is 10.1 Å². The summed E-state index contributed by atoms with van der Waals surface area (Å²) >= 11 is 0.779. The zero-order chi connectivity index (χ0) is 21.0. The highest BCUT2D eigenvalue weighted by Gasteiger charge is 2.36. The van der Waals surface area contributed by atoms with E-state index in [2.05, 4.69) is 5.32 Å². The van der Waals surface area contributed by atoms with Crippen molar-refractivity contribution in [1.82, 2.24) is 4.90 Å². The molecule has 1 saturated heterocycles.